The maximum atomic E-state index is 12.6. The predicted octanol–water partition coefficient (Wildman–Crippen LogP) is 2.11. The van der Waals surface area contributed by atoms with E-state index in [9.17, 15) is 18.3 Å². The van der Waals surface area contributed by atoms with Crippen molar-refractivity contribution >= 4 is 15.8 Å². The van der Waals surface area contributed by atoms with Crippen LogP contribution >= 0.6 is 0 Å². The van der Waals surface area contributed by atoms with E-state index >= 15 is 0 Å². The Morgan fingerprint density at radius 1 is 1.20 bits per heavy atom. The third kappa shape index (κ3) is 2.80. The number of methoxy groups -OCH3 is 1. The van der Waals surface area contributed by atoms with Gasteiger partial charge in [0.25, 0.3) is 0 Å². The molecule has 0 heterocycles. The third-order valence-corrected chi connectivity index (χ3v) is 6.10. The van der Waals surface area contributed by atoms with Crippen LogP contribution in [-0.4, -0.2) is 31.9 Å². The molecule has 1 fully saturated rings. The summed E-state index contributed by atoms with van der Waals surface area (Å²) in [7, 11) is -2.11. The highest BCUT2D eigenvalue weighted by molar-refractivity contribution is 7.92. The fourth-order valence-electron chi connectivity index (χ4n) is 2.69. The molecule has 0 unspecified atom stereocenters. The first-order chi connectivity index (χ1) is 9.46. The average molecular weight is 298 g/mol. The quantitative estimate of drug-likeness (QED) is 0.920. The molecule has 1 aliphatic rings. The van der Waals surface area contributed by atoms with E-state index in [1.807, 2.05) is 0 Å². The highest BCUT2D eigenvalue weighted by Crippen LogP contribution is 2.33. The molecular weight excluding hydrogens is 280 g/mol. The number of hydrogen-bond donors (Lipinski definition) is 1. The van der Waals surface area contributed by atoms with Gasteiger partial charge < -0.3 is 9.84 Å². The summed E-state index contributed by atoms with van der Waals surface area (Å²) in [5, 5.41) is 8.39. The molecule has 2 rings (SSSR count). The Morgan fingerprint density at radius 3 is 2.35 bits per heavy atom. The van der Waals surface area contributed by atoms with E-state index in [1.165, 1.54) is 19.2 Å². The molecule has 5 nitrogen and oxygen atoms in total. The highest BCUT2D eigenvalue weighted by Gasteiger charge is 2.40. The molecule has 0 aromatic heterocycles. The van der Waals surface area contributed by atoms with Crippen LogP contribution in [0.2, 0.25) is 0 Å². The fourth-order valence-corrected chi connectivity index (χ4v) is 4.72. The van der Waals surface area contributed by atoms with Crippen molar-refractivity contribution in [2.75, 3.05) is 7.11 Å². The summed E-state index contributed by atoms with van der Waals surface area (Å²) >= 11 is 0. The van der Waals surface area contributed by atoms with Gasteiger partial charge in [-0.05, 0) is 37.1 Å². The number of ether oxygens (including phenoxy) is 1. The summed E-state index contributed by atoms with van der Waals surface area (Å²) in [6.45, 7) is 0. The molecule has 1 saturated carbocycles. The zero-order valence-electron chi connectivity index (χ0n) is 11.3. The topological polar surface area (TPSA) is 80.7 Å². The maximum Gasteiger partial charge on any atom is 0.307 e. The Balaban J connectivity index is 2.34. The van der Waals surface area contributed by atoms with Crippen LogP contribution in [0, 0.1) is 5.92 Å². The molecule has 0 bridgehead atoms. The van der Waals surface area contributed by atoms with Gasteiger partial charge in [0.05, 0.1) is 23.2 Å². The smallest absolute Gasteiger partial charge is 0.307 e. The molecule has 1 N–H and O–H groups in total. The zero-order chi connectivity index (χ0) is 14.8. The number of rotatable bonds is 4. The van der Waals surface area contributed by atoms with E-state index in [0.717, 1.165) is 12.8 Å². The van der Waals surface area contributed by atoms with Crippen LogP contribution in [0.25, 0.3) is 0 Å². The van der Waals surface area contributed by atoms with Crippen molar-refractivity contribution in [3.8, 4) is 5.75 Å². The summed E-state index contributed by atoms with van der Waals surface area (Å²) < 4.78 is 30.2. The number of carbonyl (C=O) groups is 1. The highest BCUT2D eigenvalue weighted by atomic mass is 32.2. The van der Waals surface area contributed by atoms with Gasteiger partial charge in [0, 0.05) is 0 Å². The minimum absolute atomic E-state index is 0.163. The molecule has 0 spiro atoms. The second-order valence-corrected chi connectivity index (χ2v) is 7.16. The number of carboxylic acids is 1. The molecule has 0 radical (unpaired) electrons. The average Bonchev–Trinajstić information content (AvgIpc) is 2.47. The second kappa shape index (κ2) is 5.83. The largest absolute Gasteiger partial charge is 0.497 e. The van der Waals surface area contributed by atoms with Gasteiger partial charge in [-0.25, -0.2) is 8.42 Å². The summed E-state index contributed by atoms with van der Waals surface area (Å²) in [6, 6.07) is 6.10. The summed E-state index contributed by atoms with van der Waals surface area (Å²) in [4.78, 5) is 11.4. The molecule has 1 aromatic rings. The SMILES string of the molecule is COc1ccc(S(=O)(=O)[C@H]2CCCC[C@H]2C(=O)O)cc1. The van der Waals surface area contributed by atoms with Gasteiger partial charge in [0.2, 0.25) is 0 Å². The third-order valence-electron chi connectivity index (χ3n) is 3.81. The van der Waals surface area contributed by atoms with Gasteiger partial charge in [-0.2, -0.15) is 0 Å². The van der Waals surface area contributed by atoms with Crippen molar-refractivity contribution in [1.82, 2.24) is 0 Å². The van der Waals surface area contributed by atoms with Gasteiger partial charge in [-0.1, -0.05) is 12.8 Å². The lowest BCUT2D eigenvalue weighted by Crippen LogP contribution is -2.37. The Bertz CT molecular complexity index is 576. The van der Waals surface area contributed by atoms with Crippen LogP contribution in [-0.2, 0) is 14.6 Å². The molecule has 0 amide bonds. The Kier molecular flexibility index (Phi) is 4.32. The van der Waals surface area contributed by atoms with Crippen LogP contribution in [0.3, 0.4) is 0 Å². The predicted molar refractivity (Wildman–Crippen MR) is 73.6 cm³/mol. The fraction of sp³-hybridized carbons (Fsp3) is 0.500. The number of hydrogen-bond acceptors (Lipinski definition) is 4. The van der Waals surface area contributed by atoms with Crippen LogP contribution in [0.15, 0.2) is 29.2 Å². The molecule has 110 valence electrons. The molecule has 20 heavy (non-hydrogen) atoms. The summed E-state index contributed by atoms with van der Waals surface area (Å²) in [5.41, 5.74) is 0. The number of carboxylic acid groups (broad SMARTS) is 1. The minimum atomic E-state index is -3.62. The first kappa shape index (κ1) is 14.8. The van der Waals surface area contributed by atoms with Gasteiger partial charge in [-0.3, -0.25) is 4.79 Å². The number of sulfone groups is 1. The normalized spacial score (nSPS) is 23.2. The second-order valence-electron chi connectivity index (χ2n) is 4.99. The molecule has 2 atom stereocenters. The molecular formula is C14H18O5S. The van der Waals surface area contributed by atoms with E-state index in [0.29, 0.717) is 18.6 Å². The van der Waals surface area contributed by atoms with Crippen LogP contribution in [0.1, 0.15) is 25.7 Å². The van der Waals surface area contributed by atoms with Crippen LogP contribution < -0.4 is 4.74 Å². The van der Waals surface area contributed by atoms with Crippen molar-refractivity contribution < 1.29 is 23.1 Å². The van der Waals surface area contributed by atoms with E-state index < -0.39 is 27.0 Å². The lowest BCUT2D eigenvalue weighted by atomic mass is 9.89. The maximum absolute atomic E-state index is 12.6. The van der Waals surface area contributed by atoms with Crippen molar-refractivity contribution in [3.63, 3.8) is 0 Å². The first-order valence-corrected chi connectivity index (χ1v) is 8.12. The van der Waals surface area contributed by atoms with E-state index in [4.69, 9.17) is 4.74 Å². The molecule has 6 heteroatoms. The lowest BCUT2D eigenvalue weighted by Gasteiger charge is -2.28. The molecule has 1 aromatic carbocycles. The standard InChI is InChI=1S/C14H18O5S/c1-19-10-6-8-11(9-7-10)20(17,18)13-5-3-2-4-12(13)14(15)16/h6-9,12-13H,2-5H2,1H3,(H,15,16)/t12-,13+/m1/s1. The monoisotopic (exact) mass is 298 g/mol. The van der Waals surface area contributed by atoms with Crippen LogP contribution in [0.4, 0.5) is 0 Å². The van der Waals surface area contributed by atoms with Crippen LogP contribution in [0.5, 0.6) is 5.75 Å². The molecule has 1 aliphatic carbocycles. The van der Waals surface area contributed by atoms with Gasteiger partial charge in [-0.15, -0.1) is 0 Å². The molecule has 0 aliphatic heterocycles. The van der Waals surface area contributed by atoms with Crippen molar-refractivity contribution in [3.05, 3.63) is 24.3 Å². The van der Waals surface area contributed by atoms with Gasteiger partial charge >= 0.3 is 5.97 Å². The first-order valence-electron chi connectivity index (χ1n) is 6.57. The molecule has 0 saturated heterocycles. The van der Waals surface area contributed by atoms with E-state index in [1.54, 1.807) is 12.1 Å². The van der Waals surface area contributed by atoms with Gasteiger partial charge in [0.1, 0.15) is 5.75 Å². The van der Waals surface area contributed by atoms with Crippen molar-refractivity contribution in [1.29, 1.82) is 0 Å². The lowest BCUT2D eigenvalue weighted by molar-refractivity contribution is -0.142. The summed E-state index contributed by atoms with van der Waals surface area (Å²) in [6.07, 6.45) is 2.36. The van der Waals surface area contributed by atoms with Crippen molar-refractivity contribution in [2.24, 2.45) is 5.92 Å². The Morgan fingerprint density at radius 2 is 1.80 bits per heavy atom. The van der Waals surface area contributed by atoms with E-state index in [2.05, 4.69) is 0 Å². The van der Waals surface area contributed by atoms with Crippen molar-refractivity contribution in [2.45, 2.75) is 35.8 Å². The zero-order valence-corrected chi connectivity index (χ0v) is 12.1. The summed E-state index contributed by atoms with van der Waals surface area (Å²) in [5.74, 6) is -1.26. The number of benzene rings is 1. The Labute approximate surface area is 118 Å². The minimum Gasteiger partial charge on any atom is -0.497 e. The van der Waals surface area contributed by atoms with Gasteiger partial charge in [0.15, 0.2) is 9.84 Å². The Hall–Kier alpha value is -1.56. The van der Waals surface area contributed by atoms with E-state index in [-0.39, 0.29) is 4.90 Å². The number of aliphatic carboxylic acids is 1.